The van der Waals surface area contributed by atoms with Gasteiger partial charge in [-0.3, -0.25) is 9.79 Å². The van der Waals surface area contributed by atoms with Gasteiger partial charge in [-0.2, -0.15) is 0 Å². The molecule has 2 fully saturated rings. The summed E-state index contributed by atoms with van der Waals surface area (Å²) < 4.78 is 1.13. The lowest BCUT2D eigenvalue weighted by atomic mass is 9.96. The molecule has 1 unspecified atom stereocenters. The first kappa shape index (κ1) is 19.2. The molecule has 1 atom stereocenters. The van der Waals surface area contributed by atoms with E-state index in [1.807, 2.05) is 18.7 Å². The number of nitrogens with one attached hydrogen (secondary N) is 2. The normalized spacial score (nSPS) is 21.8. The summed E-state index contributed by atoms with van der Waals surface area (Å²) in [6.45, 7) is 6.38. The second kappa shape index (κ2) is 7.99. The first-order chi connectivity index (χ1) is 12.4. The summed E-state index contributed by atoms with van der Waals surface area (Å²) >= 11 is 3.57. The fraction of sp³-hybridized carbons (Fsp3) is 0.600. The molecule has 0 spiro atoms. The number of nitrogens with zero attached hydrogens (tertiary/aromatic N) is 2. The molecular weight excluding hydrogens is 392 g/mol. The van der Waals surface area contributed by atoms with Crippen molar-refractivity contribution in [2.75, 3.05) is 26.7 Å². The highest BCUT2D eigenvalue weighted by Crippen LogP contribution is 2.48. The number of guanidine groups is 1. The number of aliphatic imine (C=N–C) groups is 1. The molecule has 1 aliphatic heterocycles. The standard InChI is InChI=1S/C20H29BrN4O/c1-14(2)18(26)25-10-7-17(12-25)24-19(22-3)23-13-20(8-9-20)15-5-4-6-16(21)11-15/h4-6,11,14,17H,7-10,12-13H2,1-3H3,(H2,22,23,24). The van der Waals surface area contributed by atoms with Crippen LogP contribution in [0.15, 0.2) is 33.7 Å². The first-order valence-corrected chi connectivity index (χ1v) is 10.2. The Morgan fingerprint density at radius 2 is 2.19 bits per heavy atom. The lowest BCUT2D eigenvalue weighted by molar-refractivity contribution is -0.133. The summed E-state index contributed by atoms with van der Waals surface area (Å²) in [6, 6.07) is 8.87. The minimum Gasteiger partial charge on any atom is -0.356 e. The largest absolute Gasteiger partial charge is 0.356 e. The molecule has 1 heterocycles. The molecule has 1 amide bonds. The van der Waals surface area contributed by atoms with Crippen molar-refractivity contribution < 1.29 is 4.79 Å². The molecule has 1 saturated carbocycles. The van der Waals surface area contributed by atoms with Gasteiger partial charge in [-0.25, -0.2) is 0 Å². The van der Waals surface area contributed by atoms with Crippen molar-refractivity contribution in [1.82, 2.24) is 15.5 Å². The summed E-state index contributed by atoms with van der Waals surface area (Å²) in [4.78, 5) is 18.5. The molecular formula is C20H29BrN4O. The lowest BCUT2D eigenvalue weighted by Crippen LogP contribution is -2.47. The van der Waals surface area contributed by atoms with Crippen LogP contribution in [0.25, 0.3) is 0 Å². The van der Waals surface area contributed by atoms with Gasteiger partial charge in [-0.15, -0.1) is 0 Å². The first-order valence-electron chi connectivity index (χ1n) is 9.45. The van der Waals surface area contributed by atoms with Crippen molar-refractivity contribution >= 4 is 27.8 Å². The minimum atomic E-state index is 0.0612. The van der Waals surface area contributed by atoms with E-state index in [1.54, 1.807) is 7.05 Å². The predicted octanol–water partition coefficient (Wildman–Crippen LogP) is 2.90. The molecule has 142 valence electrons. The van der Waals surface area contributed by atoms with E-state index in [0.717, 1.165) is 36.5 Å². The molecule has 26 heavy (non-hydrogen) atoms. The zero-order valence-electron chi connectivity index (χ0n) is 15.9. The number of amides is 1. The molecule has 0 aromatic heterocycles. The van der Waals surface area contributed by atoms with Gasteiger partial charge in [-0.05, 0) is 37.0 Å². The van der Waals surface area contributed by atoms with E-state index < -0.39 is 0 Å². The quantitative estimate of drug-likeness (QED) is 0.568. The maximum absolute atomic E-state index is 12.1. The molecule has 1 aliphatic carbocycles. The summed E-state index contributed by atoms with van der Waals surface area (Å²) in [5.41, 5.74) is 1.60. The lowest BCUT2D eigenvalue weighted by Gasteiger charge is -2.22. The van der Waals surface area contributed by atoms with Crippen LogP contribution in [0.1, 0.15) is 38.7 Å². The second-order valence-electron chi connectivity index (χ2n) is 7.79. The fourth-order valence-corrected chi connectivity index (χ4v) is 4.02. The highest BCUT2D eigenvalue weighted by Gasteiger charge is 2.44. The second-order valence-corrected chi connectivity index (χ2v) is 8.70. The maximum atomic E-state index is 12.1. The Morgan fingerprint density at radius 3 is 2.81 bits per heavy atom. The van der Waals surface area contributed by atoms with Crippen LogP contribution in [-0.2, 0) is 10.2 Å². The van der Waals surface area contributed by atoms with Gasteiger partial charge in [0.05, 0.1) is 0 Å². The highest BCUT2D eigenvalue weighted by atomic mass is 79.9. The van der Waals surface area contributed by atoms with Gasteiger partial charge in [-0.1, -0.05) is 41.9 Å². The average Bonchev–Trinajstić information content (AvgIpc) is 3.28. The van der Waals surface area contributed by atoms with Crippen molar-refractivity contribution in [2.24, 2.45) is 10.9 Å². The van der Waals surface area contributed by atoms with Crippen molar-refractivity contribution in [3.05, 3.63) is 34.3 Å². The summed E-state index contributed by atoms with van der Waals surface area (Å²) in [5, 5.41) is 6.99. The highest BCUT2D eigenvalue weighted by molar-refractivity contribution is 9.10. The van der Waals surface area contributed by atoms with Gasteiger partial charge >= 0.3 is 0 Å². The molecule has 0 bridgehead atoms. The minimum absolute atomic E-state index is 0.0612. The van der Waals surface area contributed by atoms with Gasteiger partial charge in [0.2, 0.25) is 5.91 Å². The molecule has 5 nitrogen and oxygen atoms in total. The number of carbonyl (C=O) groups is 1. The molecule has 2 N–H and O–H groups in total. The van der Waals surface area contributed by atoms with Crippen LogP contribution in [0.5, 0.6) is 0 Å². The zero-order chi connectivity index (χ0) is 18.7. The predicted molar refractivity (Wildman–Crippen MR) is 109 cm³/mol. The number of carbonyl (C=O) groups excluding carboxylic acids is 1. The van der Waals surface area contributed by atoms with Crippen molar-refractivity contribution in [3.63, 3.8) is 0 Å². The van der Waals surface area contributed by atoms with Crippen LogP contribution < -0.4 is 10.6 Å². The van der Waals surface area contributed by atoms with Crippen molar-refractivity contribution in [3.8, 4) is 0 Å². The number of hydrogen-bond acceptors (Lipinski definition) is 2. The van der Waals surface area contributed by atoms with Crippen LogP contribution in [0, 0.1) is 5.92 Å². The van der Waals surface area contributed by atoms with Crippen molar-refractivity contribution in [2.45, 2.75) is 44.6 Å². The molecule has 2 aliphatic rings. The van der Waals surface area contributed by atoms with Gasteiger partial charge in [0.1, 0.15) is 0 Å². The van der Waals surface area contributed by atoms with Crippen LogP contribution in [0.2, 0.25) is 0 Å². The molecule has 3 rings (SSSR count). The van der Waals surface area contributed by atoms with E-state index in [9.17, 15) is 4.79 Å². The Morgan fingerprint density at radius 1 is 1.42 bits per heavy atom. The van der Waals surface area contributed by atoms with Crippen LogP contribution in [-0.4, -0.2) is 49.5 Å². The van der Waals surface area contributed by atoms with Crippen LogP contribution in [0.3, 0.4) is 0 Å². The third kappa shape index (κ3) is 4.40. The maximum Gasteiger partial charge on any atom is 0.225 e. The van der Waals surface area contributed by atoms with Crippen LogP contribution >= 0.6 is 15.9 Å². The smallest absolute Gasteiger partial charge is 0.225 e. The Balaban J connectivity index is 1.52. The third-order valence-corrected chi connectivity index (χ3v) is 5.94. The molecule has 1 aromatic carbocycles. The molecule has 6 heteroatoms. The summed E-state index contributed by atoms with van der Waals surface area (Å²) in [6.07, 6.45) is 3.37. The molecule has 1 saturated heterocycles. The molecule has 1 aromatic rings. The monoisotopic (exact) mass is 420 g/mol. The van der Waals surface area contributed by atoms with Gasteiger partial charge < -0.3 is 15.5 Å². The summed E-state index contributed by atoms with van der Waals surface area (Å²) in [7, 11) is 1.81. The topological polar surface area (TPSA) is 56.7 Å². The average molecular weight is 421 g/mol. The number of likely N-dealkylation sites (tertiary alicyclic amines) is 1. The SMILES string of the molecule is CN=C(NCC1(c2cccc(Br)c2)CC1)NC1CCN(C(=O)C(C)C)C1. The zero-order valence-corrected chi connectivity index (χ0v) is 17.5. The van der Waals surface area contributed by atoms with E-state index in [1.165, 1.54) is 18.4 Å². The Kier molecular flexibility index (Phi) is 5.90. The number of benzene rings is 1. The number of rotatable bonds is 5. The van der Waals surface area contributed by atoms with Gasteiger partial charge in [0, 0.05) is 48.5 Å². The molecule has 0 radical (unpaired) electrons. The Hall–Kier alpha value is -1.56. The van der Waals surface area contributed by atoms with E-state index in [2.05, 4.69) is 55.8 Å². The number of hydrogen-bond donors (Lipinski definition) is 2. The summed E-state index contributed by atoms with van der Waals surface area (Å²) in [5.74, 6) is 1.13. The Labute approximate surface area is 164 Å². The van der Waals surface area contributed by atoms with E-state index in [0.29, 0.717) is 0 Å². The van der Waals surface area contributed by atoms with Gasteiger partial charge in [0.25, 0.3) is 0 Å². The van der Waals surface area contributed by atoms with Gasteiger partial charge in [0.15, 0.2) is 5.96 Å². The van der Waals surface area contributed by atoms with E-state index in [-0.39, 0.29) is 23.3 Å². The third-order valence-electron chi connectivity index (χ3n) is 5.44. The number of halogens is 1. The fourth-order valence-electron chi connectivity index (χ4n) is 3.62. The van der Waals surface area contributed by atoms with Crippen molar-refractivity contribution in [1.29, 1.82) is 0 Å². The van der Waals surface area contributed by atoms with E-state index >= 15 is 0 Å². The van der Waals surface area contributed by atoms with Crippen LogP contribution in [0.4, 0.5) is 0 Å². The van der Waals surface area contributed by atoms with E-state index in [4.69, 9.17) is 0 Å². The Bertz CT molecular complexity index is 684.